The Morgan fingerprint density at radius 1 is 1.33 bits per heavy atom. The van der Waals surface area contributed by atoms with Gasteiger partial charge in [0.1, 0.15) is 22.6 Å². The number of nitrogens with zero attached hydrogens (tertiary/aromatic N) is 4. The zero-order chi connectivity index (χ0) is 15.0. The van der Waals surface area contributed by atoms with Gasteiger partial charge in [0.05, 0.1) is 0 Å². The van der Waals surface area contributed by atoms with Gasteiger partial charge < -0.3 is 0 Å². The molecule has 0 aliphatic carbocycles. The van der Waals surface area contributed by atoms with E-state index < -0.39 is 18.3 Å². The fourth-order valence-electron chi connectivity index (χ4n) is 1.76. The number of halogens is 3. The molecule has 0 radical (unpaired) electrons. The summed E-state index contributed by atoms with van der Waals surface area (Å²) in [6.07, 6.45) is -0.460. The molecule has 0 N–H and O–H groups in total. The summed E-state index contributed by atoms with van der Waals surface area (Å²) in [4.78, 5) is 23.9. The molecule has 0 spiro atoms. The molecular formula is C12H7F3N4OS. The minimum absolute atomic E-state index is 0.0978. The van der Waals surface area contributed by atoms with E-state index >= 15 is 0 Å². The molecule has 0 aliphatic heterocycles. The van der Waals surface area contributed by atoms with Gasteiger partial charge in [0.2, 0.25) is 0 Å². The number of thiazole rings is 1. The topological polar surface area (TPSA) is 60.7 Å². The number of pyridine rings is 1. The molecule has 0 saturated heterocycles. The van der Waals surface area contributed by atoms with E-state index in [0.717, 1.165) is 17.7 Å². The van der Waals surface area contributed by atoms with E-state index in [-0.39, 0.29) is 10.3 Å². The second-order valence-electron chi connectivity index (χ2n) is 4.21. The lowest BCUT2D eigenvalue weighted by atomic mass is 10.3. The summed E-state index contributed by atoms with van der Waals surface area (Å²) in [6, 6.07) is 3.45. The first-order chi connectivity index (χ1) is 9.94. The molecule has 0 fully saturated rings. The van der Waals surface area contributed by atoms with Crippen molar-refractivity contribution in [3.63, 3.8) is 0 Å². The van der Waals surface area contributed by atoms with Crippen molar-refractivity contribution in [2.24, 2.45) is 0 Å². The Bertz CT molecular complexity index is 841. The fraction of sp³-hybridized carbons (Fsp3) is 0.167. The molecule has 3 rings (SSSR count). The first-order valence-electron chi connectivity index (χ1n) is 5.77. The maximum absolute atomic E-state index is 12.4. The number of alkyl halides is 3. The van der Waals surface area contributed by atoms with Crippen LogP contribution in [0.15, 0.2) is 35.6 Å². The summed E-state index contributed by atoms with van der Waals surface area (Å²) in [5, 5.41) is 0.493. The van der Waals surface area contributed by atoms with Crippen molar-refractivity contribution >= 4 is 21.7 Å². The molecule has 21 heavy (non-hydrogen) atoms. The first-order valence-corrected chi connectivity index (χ1v) is 6.59. The Balaban J connectivity index is 2.11. The highest BCUT2D eigenvalue weighted by Crippen LogP contribution is 2.26. The summed E-state index contributed by atoms with van der Waals surface area (Å²) in [7, 11) is 0. The van der Waals surface area contributed by atoms with Gasteiger partial charge in [-0.25, -0.2) is 9.97 Å². The number of hydrogen-bond donors (Lipinski definition) is 0. The zero-order valence-corrected chi connectivity index (χ0v) is 11.1. The lowest BCUT2D eigenvalue weighted by molar-refractivity contribution is -0.141. The third kappa shape index (κ3) is 2.77. The molecule has 0 bridgehead atoms. The summed E-state index contributed by atoms with van der Waals surface area (Å²) in [5.74, 6) is 0. The molecule has 0 saturated carbocycles. The standard InChI is InChI=1S/C12H7F3N4OS/c13-12(14,15)5-19-6-17-9-8(11(19)20)21-10(18-9)7-2-1-3-16-4-7/h1-4,6H,5H2. The minimum atomic E-state index is -4.48. The average molecular weight is 312 g/mol. The second kappa shape index (κ2) is 4.92. The first kappa shape index (κ1) is 13.7. The maximum Gasteiger partial charge on any atom is 0.406 e. The van der Waals surface area contributed by atoms with Crippen molar-refractivity contribution < 1.29 is 13.2 Å². The van der Waals surface area contributed by atoms with Crippen LogP contribution in [0.1, 0.15) is 0 Å². The molecule has 0 aromatic carbocycles. The molecule has 0 unspecified atom stereocenters. The van der Waals surface area contributed by atoms with Crippen LogP contribution in [0, 0.1) is 0 Å². The maximum atomic E-state index is 12.4. The van der Waals surface area contributed by atoms with E-state index in [1.165, 1.54) is 0 Å². The van der Waals surface area contributed by atoms with Crippen molar-refractivity contribution in [2.45, 2.75) is 12.7 Å². The number of fused-ring (bicyclic) bond motifs is 1. The van der Waals surface area contributed by atoms with Crippen LogP contribution in [0.5, 0.6) is 0 Å². The van der Waals surface area contributed by atoms with Gasteiger partial charge >= 0.3 is 6.18 Å². The van der Waals surface area contributed by atoms with E-state index in [1.54, 1.807) is 24.5 Å². The van der Waals surface area contributed by atoms with Gasteiger partial charge in [-0.05, 0) is 12.1 Å². The second-order valence-corrected chi connectivity index (χ2v) is 5.21. The highest BCUT2D eigenvalue weighted by atomic mass is 32.1. The highest BCUT2D eigenvalue weighted by molar-refractivity contribution is 7.21. The van der Waals surface area contributed by atoms with Crippen LogP contribution < -0.4 is 5.56 Å². The lowest BCUT2D eigenvalue weighted by Crippen LogP contribution is -2.27. The van der Waals surface area contributed by atoms with Crippen LogP contribution >= 0.6 is 11.3 Å². The Morgan fingerprint density at radius 2 is 2.14 bits per heavy atom. The van der Waals surface area contributed by atoms with Crippen molar-refractivity contribution in [1.29, 1.82) is 0 Å². The van der Waals surface area contributed by atoms with Crippen LogP contribution in [0.25, 0.3) is 20.9 Å². The predicted molar refractivity (Wildman–Crippen MR) is 71.0 cm³/mol. The third-order valence-electron chi connectivity index (χ3n) is 2.64. The molecule has 0 amide bonds. The largest absolute Gasteiger partial charge is 0.406 e. The number of rotatable bonds is 2. The summed E-state index contributed by atoms with van der Waals surface area (Å²) >= 11 is 1.00. The molecule has 3 aromatic heterocycles. The van der Waals surface area contributed by atoms with Crippen LogP contribution in [0.3, 0.4) is 0 Å². The van der Waals surface area contributed by atoms with Crippen LogP contribution in [0.4, 0.5) is 13.2 Å². The van der Waals surface area contributed by atoms with Gasteiger partial charge in [0.15, 0.2) is 5.65 Å². The monoisotopic (exact) mass is 312 g/mol. The Morgan fingerprint density at radius 3 is 2.81 bits per heavy atom. The molecule has 3 aromatic rings. The van der Waals surface area contributed by atoms with Gasteiger partial charge in [-0.3, -0.25) is 14.3 Å². The summed E-state index contributed by atoms with van der Waals surface area (Å²) < 4.78 is 37.8. The smallest absolute Gasteiger partial charge is 0.289 e. The Kier molecular flexibility index (Phi) is 3.20. The summed E-state index contributed by atoms with van der Waals surface area (Å²) in [6.45, 7) is -1.37. The molecule has 9 heteroatoms. The highest BCUT2D eigenvalue weighted by Gasteiger charge is 2.29. The number of aromatic nitrogens is 4. The van der Waals surface area contributed by atoms with Gasteiger partial charge in [0.25, 0.3) is 5.56 Å². The normalized spacial score (nSPS) is 12.0. The number of hydrogen-bond acceptors (Lipinski definition) is 5. The minimum Gasteiger partial charge on any atom is -0.289 e. The molecule has 5 nitrogen and oxygen atoms in total. The van der Waals surface area contributed by atoms with Crippen LogP contribution in [-0.2, 0) is 6.54 Å². The van der Waals surface area contributed by atoms with Crippen molar-refractivity contribution in [3.05, 3.63) is 41.2 Å². The summed E-state index contributed by atoms with van der Waals surface area (Å²) in [5.41, 5.74) is 0.0783. The molecule has 0 atom stereocenters. The van der Waals surface area contributed by atoms with Gasteiger partial charge in [-0.2, -0.15) is 13.2 Å². The predicted octanol–water partition coefficient (Wildman–Crippen LogP) is 2.48. The van der Waals surface area contributed by atoms with Gasteiger partial charge in [-0.15, -0.1) is 11.3 Å². The molecule has 108 valence electrons. The van der Waals surface area contributed by atoms with E-state index in [0.29, 0.717) is 15.1 Å². The Hall–Kier alpha value is -2.29. The van der Waals surface area contributed by atoms with E-state index in [4.69, 9.17) is 0 Å². The Labute approximate surface area is 119 Å². The average Bonchev–Trinajstić information content (AvgIpc) is 2.87. The van der Waals surface area contributed by atoms with Crippen molar-refractivity contribution in [2.75, 3.05) is 0 Å². The molecular weight excluding hydrogens is 305 g/mol. The molecule has 3 heterocycles. The fourth-order valence-corrected chi connectivity index (χ4v) is 2.72. The lowest BCUT2D eigenvalue weighted by Gasteiger charge is -2.07. The third-order valence-corrected chi connectivity index (χ3v) is 3.72. The van der Waals surface area contributed by atoms with Crippen molar-refractivity contribution in [1.82, 2.24) is 19.5 Å². The van der Waals surface area contributed by atoms with Gasteiger partial charge in [0, 0.05) is 18.0 Å². The van der Waals surface area contributed by atoms with Crippen molar-refractivity contribution in [3.8, 4) is 10.6 Å². The van der Waals surface area contributed by atoms with E-state index in [2.05, 4.69) is 15.0 Å². The SMILES string of the molecule is O=c1c2sc(-c3cccnc3)nc2ncn1CC(F)(F)F. The van der Waals surface area contributed by atoms with Gasteiger partial charge in [-0.1, -0.05) is 0 Å². The van der Waals surface area contributed by atoms with E-state index in [1.807, 2.05) is 0 Å². The van der Waals surface area contributed by atoms with E-state index in [9.17, 15) is 18.0 Å². The zero-order valence-electron chi connectivity index (χ0n) is 10.3. The molecule has 0 aliphatic rings. The van der Waals surface area contributed by atoms with Crippen LogP contribution in [-0.4, -0.2) is 25.7 Å². The quantitative estimate of drug-likeness (QED) is 0.729. The van der Waals surface area contributed by atoms with Crippen LogP contribution in [0.2, 0.25) is 0 Å².